The smallest absolute Gasteiger partial charge is 0.404 e. The molecule has 0 spiro atoms. The Hall–Kier alpha value is -1.51. The highest BCUT2D eigenvalue weighted by Gasteiger charge is 1.95. The zero-order valence-corrected chi connectivity index (χ0v) is 8.32. The van der Waals surface area contributed by atoms with Crippen molar-refractivity contribution in [2.45, 2.75) is 19.8 Å². The van der Waals surface area contributed by atoms with Gasteiger partial charge in [-0.2, -0.15) is 0 Å². The van der Waals surface area contributed by atoms with Crippen LogP contribution in [0.25, 0.3) is 0 Å². The van der Waals surface area contributed by atoms with Gasteiger partial charge in [0.1, 0.15) is 0 Å². The van der Waals surface area contributed by atoms with E-state index >= 15 is 0 Å². The van der Waals surface area contributed by atoms with Gasteiger partial charge in [-0.05, 0) is 25.3 Å². The van der Waals surface area contributed by atoms with E-state index in [0.717, 1.165) is 12.8 Å². The lowest BCUT2D eigenvalue weighted by molar-refractivity contribution is 0.155. The second kappa shape index (κ2) is 5.27. The largest absolute Gasteiger partial charge is 0.450 e. The standard InChI is InChI=1S/C11H15NO2/c1-9-4-6-10(7-5-9)3-2-8-14-11(12)13/h4-7H,2-3,8H2,1H3,(H2,12,13). The van der Waals surface area contributed by atoms with Crippen LogP contribution in [0, 0.1) is 6.92 Å². The van der Waals surface area contributed by atoms with Crippen LogP contribution in [0.15, 0.2) is 24.3 Å². The maximum Gasteiger partial charge on any atom is 0.404 e. The molecular formula is C11H15NO2. The summed E-state index contributed by atoms with van der Waals surface area (Å²) in [6, 6.07) is 8.31. The Morgan fingerprint density at radius 1 is 1.36 bits per heavy atom. The number of hydrogen-bond donors (Lipinski definition) is 1. The van der Waals surface area contributed by atoms with Crippen LogP contribution in [0.2, 0.25) is 0 Å². The number of aryl methyl sites for hydroxylation is 2. The molecule has 0 aliphatic carbocycles. The quantitative estimate of drug-likeness (QED) is 0.744. The minimum Gasteiger partial charge on any atom is -0.450 e. The first-order valence-electron chi connectivity index (χ1n) is 4.66. The van der Waals surface area contributed by atoms with Crippen molar-refractivity contribution >= 4 is 6.09 Å². The van der Waals surface area contributed by atoms with E-state index in [-0.39, 0.29) is 0 Å². The minimum absolute atomic E-state index is 0.392. The lowest BCUT2D eigenvalue weighted by Gasteiger charge is -2.02. The van der Waals surface area contributed by atoms with Gasteiger partial charge in [-0.25, -0.2) is 4.79 Å². The summed E-state index contributed by atoms with van der Waals surface area (Å²) < 4.78 is 4.63. The third-order valence-corrected chi connectivity index (χ3v) is 1.97. The van der Waals surface area contributed by atoms with Gasteiger partial charge in [0, 0.05) is 0 Å². The summed E-state index contributed by atoms with van der Waals surface area (Å²) in [6.07, 6.45) is 1.02. The first-order chi connectivity index (χ1) is 6.68. The van der Waals surface area contributed by atoms with E-state index in [2.05, 4.69) is 35.9 Å². The number of benzene rings is 1. The van der Waals surface area contributed by atoms with Gasteiger partial charge >= 0.3 is 6.09 Å². The van der Waals surface area contributed by atoms with E-state index in [9.17, 15) is 4.79 Å². The zero-order chi connectivity index (χ0) is 10.4. The SMILES string of the molecule is Cc1ccc(CCCOC(N)=O)cc1. The number of ether oxygens (including phenoxy) is 1. The molecule has 0 saturated carbocycles. The Morgan fingerprint density at radius 2 is 2.00 bits per heavy atom. The van der Waals surface area contributed by atoms with Gasteiger partial charge in [-0.1, -0.05) is 29.8 Å². The van der Waals surface area contributed by atoms with Crippen LogP contribution >= 0.6 is 0 Å². The number of rotatable bonds is 4. The molecule has 1 aromatic carbocycles. The predicted molar refractivity (Wildman–Crippen MR) is 55.0 cm³/mol. The number of carbonyl (C=O) groups excluding carboxylic acids is 1. The number of amides is 1. The van der Waals surface area contributed by atoms with Crippen molar-refractivity contribution in [1.82, 2.24) is 0 Å². The van der Waals surface area contributed by atoms with Crippen molar-refractivity contribution in [2.24, 2.45) is 5.73 Å². The third-order valence-electron chi connectivity index (χ3n) is 1.97. The van der Waals surface area contributed by atoms with Crippen LogP contribution in [0.4, 0.5) is 4.79 Å². The van der Waals surface area contributed by atoms with Gasteiger partial charge in [0.2, 0.25) is 0 Å². The molecule has 3 heteroatoms. The number of nitrogens with two attached hydrogens (primary N) is 1. The Kier molecular flexibility index (Phi) is 3.98. The van der Waals surface area contributed by atoms with Crippen LogP contribution in [0.3, 0.4) is 0 Å². The number of hydrogen-bond acceptors (Lipinski definition) is 2. The molecule has 3 nitrogen and oxygen atoms in total. The normalized spacial score (nSPS) is 9.79. The first kappa shape index (κ1) is 10.6. The van der Waals surface area contributed by atoms with Crippen LogP contribution in [0.5, 0.6) is 0 Å². The van der Waals surface area contributed by atoms with Crippen molar-refractivity contribution in [3.63, 3.8) is 0 Å². The van der Waals surface area contributed by atoms with Crippen LogP contribution < -0.4 is 5.73 Å². The highest BCUT2D eigenvalue weighted by molar-refractivity contribution is 5.64. The highest BCUT2D eigenvalue weighted by atomic mass is 16.5. The lowest BCUT2D eigenvalue weighted by Crippen LogP contribution is -2.13. The summed E-state index contributed by atoms with van der Waals surface area (Å²) in [4.78, 5) is 10.3. The molecule has 0 unspecified atom stereocenters. The van der Waals surface area contributed by atoms with E-state index < -0.39 is 6.09 Å². The molecule has 0 radical (unpaired) electrons. The fraction of sp³-hybridized carbons (Fsp3) is 0.364. The summed E-state index contributed by atoms with van der Waals surface area (Å²) in [5, 5.41) is 0. The Bertz CT molecular complexity index is 293. The summed E-state index contributed by atoms with van der Waals surface area (Å²) >= 11 is 0. The molecule has 1 aromatic rings. The number of carbonyl (C=O) groups is 1. The lowest BCUT2D eigenvalue weighted by atomic mass is 10.1. The molecule has 0 aliphatic heterocycles. The van der Waals surface area contributed by atoms with Crippen molar-refractivity contribution in [1.29, 1.82) is 0 Å². The topological polar surface area (TPSA) is 52.3 Å². The van der Waals surface area contributed by atoms with Crippen molar-refractivity contribution in [2.75, 3.05) is 6.61 Å². The van der Waals surface area contributed by atoms with Gasteiger partial charge in [0.05, 0.1) is 6.61 Å². The van der Waals surface area contributed by atoms with E-state index in [0.29, 0.717) is 6.61 Å². The predicted octanol–water partition coefficient (Wildman–Crippen LogP) is 2.02. The van der Waals surface area contributed by atoms with Crippen molar-refractivity contribution in [3.8, 4) is 0 Å². The first-order valence-corrected chi connectivity index (χ1v) is 4.66. The molecule has 0 aliphatic rings. The van der Waals surface area contributed by atoms with E-state index in [1.165, 1.54) is 11.1 Å². The molecule has 0 saturated heterocycles. The Labute approximate surface area is 83.9 Å². The van der Waals surface area contributed by atoms with Crippen LogP contribution in [0.1, 0.15) is 17.5 Å². The Morgan fingerprint density at radius 3 is 2.57 bits per heavy atom. The third kappa shape index (κ3) is 3.94. The molecule has 0 aromatic heterocycles. The van der Waals surface area contributed by atoms with Crippen molar-refractivity contribution < 1.29 is 9.53 Å². The van der Waals surface area contributed by atoms with Gasteiger partial charge in [-0.15, -0.1) is 0 Å². The minimum atomic E-state index is -0.700. The molecular weight excluding hydrogens is 178 g/mol. The molecule has 2 N–H and O–H groups in total. The number of primary amides is 1. The molecule has 1 amide bonds. The van der Waals surface area contributed by atoms with Gasteiger partial charge in [0.15, 0.2) is 0 Å². The fourth-order valence-corrected chi connectivity index (χ4v) is 1.20. The molecule has 0 fully saturated rings. The molecule has 0 bridgehead atoms. The van der Waals surface area contributed by atoms with E-state index in [1.807, 2.05) is 0 Å². The molecule has 0 heterocycles. The Balaban J connectivity index is 2.25. The van der Waals surface area contributed by atoms with Crippen LogP contribution in [-0.2, 0) is 11.2 Å². The van der Waals surface area contributed by atoms with Gasteiger partial charge in [0.25, 0.3) is 0 Å². The fourth-order valence-electron chi connectivity index (χ4n) is 1.20. The monoisotopic (exact) mass is 193 g/mol. The second-order valence-corrected chi connectivity index (χ2v) is 3.26. The van der Waals surface area contributed by atoms with E-state index in [4.69, 9.17) is 5.73 Å². The molecule has 76 valence electrons. The highest BCUT2D eigenvalue weighted by Crippen LogP contribution is 2.05. The summed E-state index contributed by atoms with van der Waals surface area (Å²) in [5.41, 5.74) is 7.34. The summed E-state index contributed by atoms with van der Waals surface area (Å²) in [5.74, 6) is 0. The molecule has 14 heavy (non-hydrogen) atoms. The summed E-state index contributed by atoms with van der Waals surface area (Å²) in [7, 11) is 0. The summed E-state index contributed by atoms with van der Waals surface area (Å²) in [6.45, 7) is 2.45. The maximum atomic E-state index is 10.3. The maximum absolute atomic E-state index is 10.3. The average molecular weight is 193 g/mol. The average Bonchev–Trinajstić information content (AvgIpc) is 2.15. The molecule has 0 atom stereocenters. The zero-order valence-electron chi connectivity index (χ0n) is 8.32. The van der Waals surface area contributed by atoms with E-state index in [1.54, 1.807) is 0 Å². The second-order valence-electron chi connectivity index (χ2n) is 3.26. The van der Waals surface area contributed by atoms with Gasteiger partial charge < -0.3 is 10.5 Å². The van der Waals surface area contributed by atoms with Crippen LogP contribution in [-0.4, -0.2) is 12.7 Å². The van der Waals surface area contributed by atoms with Crippen molar-refractivity contribution in [3.05, 3.63) is 35.4 Å². The van der Waals surface area contributed by atoms with Gasteiger partial charge in [-0.3, -0.25) is 0 Å². The molecule has 1 rings (SSSR count).